The van der Waals surface area contributed by atoms with Gasteiger partial charge in [0.1, 0.15) is 5.82 Å². The summed E-state index contributed by atoms with van der Waals surface area (Å²) in [5.74, 6) is -0.149. The normalized spacial score (nSPS) is 16.4. The van der Waals surface area contributed by atoms with E-state index < -0.39 is 5.82 Å². The highest BCUT2D eigenvalue weighted by Gasteiger charge is 2.18. The average Bonchev–Trinajstić information content (AvgIpc) is 2.82. The van der Waals surface area contributed by atoms with E-state index in [1.54, 1.807) is 23.9 Å². The van der Waals surface area contributed by atoms with Crippen LogP contribution in [-0.4, -0.2) is 16.8 Å². The average molecular weight is 317 g/mol. The SMILES string of the molecule is O=C(CSC1CCCC1)c1cc(Br)ccc1F. The van der Waals surface area contributed by atoms with Crippen molar-refractivity contribution >= 4 is 33.5 Å². The first-order valence-electron chi connectivity index (χ1n) is 5.76. The molecule has 17 heavy (non-hydrogen) atoms. The van der Waals surface area contributed by atoms with Gasteiger partial charge in [-0.2, -0.15) is 11.8 Å². The van der Waals surface area contributed by atoms with Crippen LogP contribution in [0.1, 0.15) is 36.0 Å². The summed E-state index contributed by atoms with van der Waals surface area (Å²) >= 11 is 4.93. The molecule has 0 aliphatic heterocycles. The van der Waals surface area contributed by atoms with E-state index in [1.165, 1.54) is 31.7 Å². The van der Waals surface area contributed by atoms with Gasteiger partial charge in [0, 0.05) is 9.72 Å². The second-order valence-corrected chi connectivity index (χ2v) is 6.47. The molecule has 0 atom stereocenters. The largest absolute Gasteiger partial charge is 0.293 e. The first kappa shape index (κ1) is 13.1. The summed E-state index contributed by atoms with van der Waals surface area (Å²) in [7, 11) is 0. The monoisotopic (exact) mass is 316 g/mol. The van der Waals surface area contributed by atoms with E-state index in [2.05, 4.69) is 15.9 Å². The number of thioether (sulfide) groups is 1. The number of carbonyl (C=O) groups excluding carboxylic acids is 1. The summed E-state index contributed by atoms with van der Waals surface area (Å²) < 4.78 is 14.2. The zero-order valence-electron chi connectivity index (χ0n) is 9.42. The molecule has 1 aliphatic rings. The molecule has 1 aromatic carbocycles. The van der Waals surface area contributed by atoms with Gasteiger partial charge in [0.2, 0.25) is 0 Å². The lowest BCUT2D eigenvalue weighted by molar-refractivity contribution is 0.101. The fraction of sp³-hybridized carbons (Fsp3) is 0.462. The van der Waals surface area contributed by atoms with Crippen LogP contribution in [0.4, 0.5) is 4.39 Å². The summed E-state index contributed by atoms with van der Waals surface area (Å²) in [4.78, 5) is 11.9. The summed E-state index contributed by atoms with van der Waals surface area (Å²) in [6, 6.07) is 4.50. The Morgan fingerprint density at radius 1 is 1.41 bits per heavy atom. The Hall–Kier alpha value is -0.350. The van der Waals surface area contributed by atoms with Gasteiger partial charge in [-0.15, -0.1) is 0 Å². The van der Waals surface area contributed by atoms with Crippen LogP contribution >= 0.6 is 27.7 Å². The molecule has 0 unspecified atom stereocenters. The molecule has 2 rings (SSSR count). The van der Waals surface area contributed by atoms with Gasteiger partial charge in [-0.1, -0.05) is 28.8 Å². The maximum absolute atomic E-state index is 13.5. The van der Waals surface area contributed by atoms with Crippen LogP contribution in [0.5, 0.6) is 0 Å². The smallest absolute Gasteiger partial charge is 0.175 e. The first-order chi connectivity index (χ1) is 8.16. The number of ketones is 1. The summed E-state index contributed by atoms with van der Waals surface area (Å²) in [5, 5.41) is 0.592. The third-order valence-electron chi connectivity index (χ3n) is 2.98. The summed E-state index contributed by atoms with van der Waals surface area (Å²) in [6.07, 6.45) is 4.91. The van der Waals surface area contributed by atoms with Crippen molar-refractivity contribution in [3.63, 3.8) is 0 Å². The fourth-order valence-corrected chi connectivity index (χ4v) is 3.61. The molecule has 0 radical (unpaired) electrons. The first-order valence-corrected chi connectivity index (χ1v) is 7.61. The van der Waals surface area contributed by atoms with Crippen molar-refractivity contribution in [2.24, 2.45) is 0 Å². The highest BCUT2D eigenvalue weighted by Crippen LogP contribution is 2.30. The van der Waals surface area contributed by atoms with Gasteiger partial charge in [0.05, 0.1) is 11.3 Å². The molecule has 4 heteroatoms. The molecule has 1 aliphatic carbocycles. The third-order valence-corrected chi connectivity index (χ3v) is 4.85. The molecular formula is C13H14BrFOS. The number of hydrogen-bond acceptors (Lipinski definition) is 2. The lowest BCUT2D eigenvalue weighted by atomic mass is 10.1. The van der Waals surface area contributed by atoms with Crippen molar-refractivity contribution in [3.8, 4) is 0 Å². The molecule has 0 spiro atoms. The minimum absolute atomic E-state index is 0.110. The Balaban J connectivity index is 1.96. The van der Waals surface area contributed by atoms with Gasteiger partial charge in [-0.25, -0.2) is 4.39 Å². The van der Waals surface area contributed by atoms with Crippen LogP contribution in [0.15, 0.2) is 22.7 Å². The van der Waals surface area contributed by atoms with Crippen molar-refractivity contribution in [1.29, 1.82) is 0 Å². The lowest BCUT2D eigenvalue weighted by Gasteiger charge is -2.08. The predicted octanol–water partition coefficient (Wildman–Crippen LogP) is 4.45. The molecule has 0 bridgehead atoms. The van der Waals surface area contributed by atoms with Crippen molar-refractivity contribution in [2.45, 2.75) is 30.9 Å². The van der Waals surface area contributed by atoms with Gasteiger partial charge < -0.3 is 0 Å². The Kier molecular flexibility index (Phi) is 4.62. The van der Waals surface area contributed by atoms with Crippen LogP contribution in [0.2, 0.25) is 0 Å². The number of hydrogen-bond donors (Lipinski definition) is 0. The molecule has 1 saturated carbocycles. The zero-order valence-corrected chi connectivity index (χ0v) is 11.8. The van der Waals surface area contributed by atoms with Gasteiger partial charge in [0.15, 0.2) is 5.78 Å². The zero-order chi connectivity index (χ0) is 12.3. The fourth-order valence-electron chi connectivity index (χ4n) is 2.04. The second-order valence-electron chi connectivity index (χ2n) is 4.26. The van der Waals surface area contributed by atoms with E-state index in [4.69, 9.17) is 0 Å². The Morgan fingerprint density at radius 3 is 2.82 bits per heavy atom. The molecule has 0 aromatic heterocycles. The van der Waals surface area contributed by atoms with Gasteiger partial charge in [0.25, 0.3) is 0 Å². The topological polar surface area (TPSA) is 17.1 Å². The number of Topliss-reactive ketones (excluding diaryl/α,β-unsaturated/α-hetero) is 1. The Labute approximate surface area is 113 Å². The van der Waals surface area contributed by atoms with Crippen LogP contribution < -0.4 is 0 Å². The van der Waals surface area contributed by atoms with Crippen molar-refractivity contribution in [3.05, 3.63) is 34.1 Å². The number of carbonyl (C=O) groups is 1. The van der Waals surface area contributed by atoms with E-state index >= 15 is 0 Å². The van der Waals surface area contributed by atoms with Crippen molar-refractivity contribution in [2.75, 3.05) is 5.75 Å². The third kappa shape index (κ3) is 3.55. The lowest BCUT2D eigenvalue weighted by Crippen LogP contribution is -2.08. The predicted molar refractivity (Wildman–Crippen MR) is 73.1 cm³/mol. The molecule has 0 amide bonds. The Bertz CT molecular complexity index is 416. The standard InChI is InChI=1S/C13H14BrFOS/c14-9-5-6-12(15)11(7-9)13(16)8-17-10-3-1-2-4-10/h5-7,10H,1-4,8H2. The molecule has 1 nitrogen and oxygen atoms in total. The minimum Gasteiger partial charge on any atom is -0.293 e. The van der Waals surface area contributed by atoms with Gasteiger partial charge >= 0.3 is 0 Å². The molecule has 0 N–H and O–H groups in total. The number of halogens is 2. The molecular weight excluding hydrogens is 303 g/mol. The van der Waals surface area contributed by atoms with E-state index in [1.807, 2.05) is 0 Å². The highest BCUT2D eigenvalue weighted by molar-refractivity contribution is 9.10. The van der Waals surface area contributed by atoms with Crippen molar-refractivity contribution < 1.29 is 9.18 Å². The summed E-state index contributed by atoms with van der Waals surface area (Å²) in [5.41, 5.74) is 0.199. The van der Waals surface area contributed by atoms with Crippen molar-refractivity contribution in [1.82, 2.24) is 0 Å². The molecule has 1 aromatic rings. The number of rotatable bonds is 4. The van der Waals surface area contributed by atoms with Crippen LogP contribution in [0.3, 0.4) is 0 Å². The van der Waals surface area contributed by atoms with E-state index in [9.17, 15) is 9.18 Å². The maximum Gasteiger partial charge on any atom is 0.175 e. The minimum atomic E-state index is -0.426. The van der Waals surface area contributed by atoms with Gasteiger partial charge in [-0.3, -0.25) is 4.79 Å². The quantitative estimate of drug-likeness (QED) is 0.763. The van der Waals surface area contributed by atoms with Crippen LogP contribution in [0.25, 0.3) is 0 Å². The molecule has 0 heterocycles. The molecule has 92 valence electrons. The van der Waals surface area contributed by atoms with E-state index in [-0.39, 0.29) is 11.3 Å². The maximum atomic E-state index is 13.5. The van der Waals surface area contributed by atoms with Gasteiger partial charge in [-0.05, 0) is 31.0 Å². The highest BCUT2D eigenvalue weighted by atomic mass is 79.9. The van der Waals surface area contributed by atoms with Crippen LogP contribution in [-0.2, 0) is 0 Å². The van der Waals surface area contributed by atoms with Crippen LogP contribution in [0, 0.1) is 5.82 Å². The molecule has 0 saturated heterocycles. The number of benzene rings is 1. The summed E-state index contributed by atoms with van der Waals surface area (Å²) in [6.45, 7) is 0. The second kappa shape index (κ2) is 6.01. The molecule has 1 fully saturated rings. The van der Waals surface area contributed by atoms with E-state index in [0.717, 1.165) is 4.47 Å². The van der Waals surface area contributed by atoms with E-state index in [0.29, 0.717) is 11.0 Å². The Morgan fingerprint density at radius 2 is 2.12 bits per heavy atom.